The molecule has 7 nitrogen and oxygen atoms in total. The summed E-state index contributed by atoms with van der Waals surface area (Å²) in [6.45, 7) is 6.40. The van der Waals surface area contributed by atoms with E-state index in [-0.39, 0.29) is 5.91 Å². The fraction of sp³-hybridized carbons (Fsp3) is 0.533. The number of hydrogen-bond donors (Lipinski definition) is 0. The molecule has 2 aromatic heterocycles. The van der Waals surface area contributed by atoms with Crippen molar-refractivity contribution in [3.63, 3.8) is 0 Å². The maximum absolute atomic E-state index is 12.4. The molecule has 0 bridgehead atoms. The highest BCUT2D eigenvalue weighted by Crippen LogP contribution is 2.17. The molecule has 2 aliphatic heterocycles. The van der Waals surface area contributed by atoms with E-state index in [4.69, 9.17) is 9.72 Å². The second-order valence-electron chi connectivity index (χ2n) is 5.83. The largest absolute Gasteiger partial charge is 0.379 e. The first-order valence-electron chi connectivity index (χ1n) is 7.82. The fourth-order valence-corrected chi connectivity index (χ4v) is 3.56. The lowest BCUT2D eigenvalue weighted by Crippen LogP contribution is -2.38. The molecular formula is C15H19N5O2S. The molecule has 122 valence electrons. The van der Waals surface area contributed by atoms with Gasteiger partial charge in [0.05, 0.1) is 31.0 Å². The Morgan fingerprint density at radius 3 is 2.91 bits per heavy atom. The molecule has 1 saturated heterocycles. The summed E-state index contributed by atoms with van der Waals surface area (Å²) in [5.74, 6) is 0.957. The van der Waals surface area contributed by atoms with Crippen LogP contribution in [0.5, 0.6) is 0 Å². The first-order chi connectivity index (χ1) is 11.3. The number of hydrogen-bond acceptors (Lipinski definition) is 6. The summed E-state index contributed by atoms with van der Waals surface area (Å²) < 4.78 is 7.55. The zero-order valence-electron chi connectivity index (χ0n) is 12.8. The predicted molar refractivity (Wildman–Crippen MR) is 85.2 cm³/mol. The van der Waals surface area contributed by atoms with Crippen LogP contribution in [-0.4, -0.2) is 63.1 Å². The second-order valence-corrected chi connectivity index (χ2v) is 6.55. The number of rotatable bonds is 3. The van der Waals surface area contributed by atoms with Gasteiger partial charge in [0.25, 0.3) is 5.91 Å². The molecule has 1 amide bonds. The second kappa shape index (κ2) is 6.38. The van der Waals surface area contributed by atoms with E-state index in [1.165, 1.54) is 11.3 Å². The first kappa shape index (κ1) is 14.8. The predicted octanol–water partition coefficient (Wildman–Crippen LogP) is 0.828. The maximum atomic E-state index is 12.4. The molecule has 23 heavy (non-hydrogen) atoms. The molecular weight excluding hydrogens is 314 g/mol. The average Bonchev–Trinajstić information content (AvgIpc) is 3.23. The lowest BCUT2D eigenvalue weighted by atomic mass is 10.3. The number of carbonyl (C=O) groups excluding carboxylic acids is 1. The third-order valence-electron chi connectivity index (χ3n) is 4.28. The van der Waals surface area contributed by atoms with Crippen molar-refractivity contribution in [3.05, 3.63) is 34.3 Å². The lowest BCUT2D eigenvalue weighted by molar-refractivity contribution is 0.0337. The molecule has 1 fully saturated rings. The van der Waals surface area contributed by atoms with Crippen LogP contribution in [0.1, 0.15) is 22.0 Å². The number of amides is 1. The number of fused-ring (bicyclic) bond motifs is 1. The van der Waals surface area contributed by atoms with E-state index in [1.807, 2.05) is 4.90 Å². The standard InChI is InChI=1S/C15H19N5O2S/c21-15(13-10-23-11-16-13)20-2-1-19-8-12(17-14(19)9-20)7-18-3-5-22-6-4-18/h8,10-11H,1-7,9H2. The molecule has 0 aliphatic carbocycles. The van der Waals surface area contributed by atoms with Gasteiger partial charge in [0.15, 0.2) is 0 Å². The molecule has 0 unspecified atom stereocenters. The summed E-state index contributed by atoms with van der Waals surface area (Å²) in [5, 5.41) is 1.80. The number of aromatic nitrogens is 3. The molecule has 0 spiro atoms. The number of ether oxygens (including phenoxy) is 1. The van der Waals surface area contributed by atoms with Gasteiger partial charge in [-0.3, -0.25) is 9.69 Å². The van der Waals surface area contributed by atoms with Crippen molar-refractivity contribution in [2.75, 3.05) is 32.8 Å². The Kier molecular flexibility index (Phi) is 4.11. The highest BCUT2D eigenvalue weighted by Gasteiger charge is 2.25. The third-order valence-corrected chi connectivity index (χ3v) is 4.87. The molecule has 0 saturated carbocycles. The number of carbonyl (C=O) groups is 1. The molecule has 0 N–H and O–H groups in total. The lowest BCUT2D eigenvalue weighted by Gasteiger charge is -2.26. The van der Waals surface area contributed by atoms with Gasteiger partial charge < -0.3 is 14.2 Å². The van der Waals surface area contributed by atoms with Crippen LogP contribution in [0.3, 0.4) is 0 Å². The molecule has 0 atom stereocenters. The highest BCUT2D eigenvalue weighted by molar-refractivity contribution is 7.07. The molecule has 4 heterocycles. The van der Waals surface area contributed by atoms with E-state index < -0.39 is 0 Å². The highest BCUT2D eigenvalue weighted by atomic mass is 32.1. The normalized spacial score (nSPS) is 18.9. The fourth-order valence-electron chi connectivity index (χ4n) is 3.03. The smallest absolute Gasteiger partial charge is 0.273 e. The Balaban J connectivity index is 1.44. The van der Waals surface area contributed by atoms with Crippen LogP contribution in [0.25, 0.3) is 0 Å². The molecule has 0 aromatic carbocycles. The van der Waals surface area contributed by atoms with Gasteiger partial charge >= 0.3 is 0 Å². The van der Waals surface area contributed by atoms with Crippen LogP contribution in [0.2, 0.25) is 0 Å². The minimum absolute atomic E-state index is 0.00442. The van der Waals surface area contributed by atoms with E-state index in [2.05, 4.69) is 20.6 Å². The number of imidazole rings is 1. The van der Waals surface area contributed by atoms with Gasteiger partial charge in [-0.25, -0.2) is 9.97 Å². The summed E-state index contributed by atoms with van der Waals surface area (Å²) in [7, 11) is 0. The topological polar surface area (TPSA) is 63.5 Å². The van der Waals surface area contributed by atoms with Crippen molar-refractivity contribution >= 4 is 17.2 Å². The Hall–Kier alpha value is -1.77. The summed E-state index contributed by atoms with van der Waals surface area (Å²) in [5.41, 5.74) is 3.30. The third kappa shape index (κ3) is 3.15. The minimum atomic E-state index is -0.00442. The number of thiazole rings is 1. The van der Waals surface area contributed by atoms with Crippen LogP contribution in [0, 0.1) is 0 Å². The van der Waals surface area contributed by atoms with Crippen molar-refractivity contribution in [3.8, 4) is 0 Å². The number of morpholine rings is 1. The Morgan fingerprint density at radius 1 is 1.26 bits per heavy atom. The van der Waals surface area contributed by atoms with Crippen LogP contribution in [0.15, 0.2) is 17.1 Å². The Bertz CT molecular complexity index is 678. The van der Waals surface area contributed by atoms with Crippen LogP contribution in [-0.2, 0) is 24.4 Å². The molecule has 8 heteroatoms. The number of nitrogens with zero attached hydrogens (tertiary/aromatic N) is 5. The van der Waals surface area contributed by atoms with Gasteiger partial charge in [-0.1, -0.05) is 0 Å². The molecule has 4 rings (SSSR count). The van der Waals surface area contributed by atoms with Gasteiger partial charge in [0.1, 0.15) is 11.5 Å². The van der Waals surface area contributed by atoms with E-state index in [0.717, 1.165) is 50.9 Å². The van der Waals surface area contributed by atoms with Crippen molar-refractivity contribution in [1.82, 2.24) is 24.3 Å². The van der Waals surface area contributed by atoms with Gasteiger partial charge in [-0.15, -0.1) is 11.3 Å². The van der Waals surface area contributed by atoms with E-state index in [0.29, 0.717) is 18.8 Å². The SMILES string of the molecule is O=C(c1cscn1)N1CCn2cc(CN3CCOCC3)nc2C1. The average molecular weight is 333 g/mol. The zero-order valence-corrected chi connectivity index (χ0v) is 13.7. The maximum Gasteiger partial charge on any atom is 0.273 e. The first-order valence-corrected chi connectivity index (χ1v) is 8.76. The van der Waals surface area contributed by atoms with E-state index >= 15 is 0 Å². The molecule has 2 aliphatic rings. The summed E-state index contributed by atoms with van der Waals surface area (Å²) >= 11 is 1.45. The monoisotopic (exact) mass is 333 g/mol. The minimum Gasteiger partial charge on any atom is -0.379 e. The summed E-state index contributed by atoms with van der Waals surface area (Å²) in [6, 6.07) is 0. The van der Waals surface area contributed by atoms with Crippen LogP contribution < -0.4 is 0 Å². The van der Waals surface area contributed by atoms with Gasteiger partial charge in [-0.2, -0.15) is 0 Å². The van der Waals surface area contributed by atoms with Gasteiger partial charge in [-0.05, 0) is 0 Å². The Morgan fingerprint density at radius 2 is 2.13 bits per heavy atom. The van der Waals surface area contributed by atoms with Crippen LogP contribution >= 0.6 is 11.3 Å². The van der Waals surface area contributed by atoms with Gasteiger partial charge in [0, 0.05) is 44.3 Å². The van der Waals surface area contributed by atoms with Crippen molar-refractivity contribution in [2.45, 2.75) is 19.6 Å². The van der Waals surface area contributed by atoms with Crippen molar-refractivity contribution < 1.29 is 9.53 Å². The van der Waals surface area contributed by atoms with E-state index in [9.17, 15) is 4.79 Å². The molecule has 2 aromatic rings. The zero-order chi connectivity index (χ0) is 15.6. The quantitative estimate of drug-likeness (QED) is 0.832. The van der Waals surface area contributed by atoms with Crippen molar-refractivity contribution in [1.29, 1.82) is 0 Å². The summed E-state index contributed by atoms with van der Waals surface area (Å²) in [4.78, 5) is 25.4. The van der Waals surface area contributed by atoms with E-state index in [1.54, 1.807) is 10.9 Å². The molecule has 0 radical (unpaired) electrons. The Labute approximate surface area is 138 Å². The van der Waals surface area contributed by atoms with Crippen LogP contribution in [0.4, 0.5) is 0 Å². The van der Waals surface area contributed by atoms with Gasteiger partial charge in [0.2, 0.25) is 0 Å². The van der Waals surface area contributed by atoms with Crippen molar-refractivity contribution in [2.24, 2.45) is 0 Å². The summed E-state index contributed by atoms with van der Waals surface area (Å²) in [6.07, 6.45) is 2.12.